The lowest BCUT2D eigenvalue weighted by Crippen LogP contribution is -2.35. The van der Waals surface area contributed by atoms with Gasteiger partial charge in [0.1, 0.15) is 12.5 Å². The minimum Gasteiger partial charge on any atom is -0.446 e. The first-order chi connectivity index (χ1) is 13.8. The summed E-state index contributed by atoms with van der Waals surface area (Å²) in [5, 5.41) is 0. The zero-order valence-corrected chi connectivity index (χ0v) is 17.2. The summed E-state index contributed by atoms with van der Waals surface area (Å²) in [4.78, 5) is 6.36. The first-order valence-electron chi connectivity index (χ1n) is 9.12. The van der Waals surface area contributed by atoms with Gasteiger partial charge in [0.15, 0.2) is 0 Å². The summed E-state index contributed by atoms with van der Waals surface area (Å²) in [6, 6.07) is 12.5. The van der Waals surface area contributed by atoms with Gasteiger partial charge >= 0.3 is 0 Å². The molecule has 0 aliphatic carbocycles. The first kappa shape index (κ1) is 19.2. The molecule has 0 amide bonds. The van der Waals surface area contributed by atoms with Crippen LogP contribution in [0.15, 0.2) is 63.0 Å². The van der Waals surface area contributed by atoms with E-state index in [1.54, 1.807) is 61.7 Å². The fraction of sp³-hybridized carbons (Fsp3) is 0.190. The van der Waals surface area contributed by atoms with Gasteiger partial charge in [-0.2, -0.15) is 0 Å². The fourth-order valence-corrected chi connectivity index (χ4v) is 5.22. The average molecular weight is 410 g/mol. The molecule has 3 aromatic rings. The predicted octanol–water partition coefficient (Wildman–Crippen LogP) is 4.14. The van der Waals surface area contributed by atoms with Gasteiger partial charge in [0, 0.05) is 11.4 Å². The molecule has 0 saturated heterocycles. The van der Waals surface area contributed by atoms with Crippen molar-refractivity contribution in [2.75, 3.05) is 9.62 Å². The maximum Gasteiger partial charge on any atom is 0.262 e. The van der Waals surface area contributed by atoms with Gasteiger partial charge < -0.3 is 15.1 Å². The number of nitrogens with two attached hydrogens (primary N) is 1. The lowest BCUT2D eigenvalue weighted by atomic mass is 10.1. The summed E-state index contributed by atoms with van der Waals surface area (Å²) >= 11 is 0. The average Bonchev–Trinajstić information content (AvgIpc) is 3.11. The van der Waals surface area contributed by atoms with E-state index >= 15 is 0 Å². The number of nitrogens with zero attached hydrogens (tertiary/aromatic N) is 2. The SMILES string of the molecule is Cc1cc(C)c(S(=O)(=O)Nc2ccc(N3C=Nc4occc4C3N)cc2)c(C)c1. The standard InChI is InChI=1S/C21H22N4O3S/c1-13-10-14(2)19(15(3)11-13)29(26,27)24-16-4-6-17(7-5-16)25-12-23-21-18(20(25)22)8-9-28-21/h4-12,20,24H,22H2,1-3H3. The fourth-order valence-electron chi connectivity index (χ4n) is 3.70. The summed E-state index contributed by atoms with van der Waals surface area (Å²) in [5.41, 5.74) is 10.8. The molecule has 0 bridgehead atoms. The van der Waals surface area contributed by atoms with E-state index in [-0.39, 0.29) is 0 Å². The van der Waals surface area contributed by atoms with Gasteiger partial charge in [-0.05, 0) is 62.2 Å². The van der Waals surface area contributed by atoms with E-state index in [0.29, 0.717) is 16.5 Å². The number of fused-ring (bicyclic) bond motifs is 1. The Morgan fingerprint density at radius 1 is 1.07 bits per heavy atom. The minimum atomic E-state index is -3.70. The van der Waals surface area contributed by atoms with E-state index in [4.69, 9.17) is 10.2 Å². The molecule has 1 aliphatic heterocycles. The molecular formula is C21H22N4O3S. The molecule has 0 spiro atoms. The second kappa shape index (κ2) is 7.06. The van der Waals surface area contributed by atoms with Crippen molar-refractivity contribution in [3.8, 4) is 0 Å². The number of benzene rings is 2. The summed E-state index contributed by atoms with van der Waals surface area (Å²) in [6.45, 7) is 5.56. The smallest absolute Gasteiger partial charge is 0.262 e. The molecule has 0 fully saturated rings. The molecule has 2 aromatic carbocycles. The highest BCUT2D eigenvalue weighted by Crippen LogP contribution is 2.34. The van der Waals surface area contributed by atoms with E-state index < -0.39 is 16.2 Å². The number of aryl methyl sites for hydroxylation is 3. The number of hydrogen-bond acceptors (Lipinski definition) is 6. The van der Waals surface area contributed by atoms with Crippen LogP contribution in [0.1, 0.15) is 28.4 Å². The van der Waals surface area contributed by atoms with Crippen molar-refractivity contribution in [2.24, 2.45) is 10.7 Å². The van der Waals surface area contributed by atoms with Gasteiger partial charge in [-0.15, -0.1) is 0 Å². The van der Waals surface area contributed by atoms with Crippen LogP contribution in [-0.2, 0) is 10.0 Å². The van der Waals surface area contributed by atoms with Crippen molar-refractivity contribution in [2.45, 2.75) is 31.8 Å². The van der Waals surface area contributed by atoms with Crippen molar-refractivity contribution in [1.29, 1.82) is 0 Å². The molecule has 150 valence electrons. The van der Waals surface area contributed by atoms with E-state index in [1.165, 1.54) is 0 Å². The van der Waals surface area contributed by atoms with Crippen LogP contribution >= 0.6 is 0 Å². The zero-order chi connectivity index (χ0) is 20.8. The molecule has 1 aromatic heterocycles. The van der Waals surface area contributed by atoms with Crippen LogP contribution < -0.4 is 15.4 Å². The normalized spacial score (nSPS) is 16.0. The van der Waals surface area contributed by atoms with Crippen molar-refractivity contribution in [1.82, 2.24) is 0 Å². The third kappa shape index (κ3) is 3.52. The lowest BCUT2D eigenvalue weighted by Gasteiger charge is -2.29. The Bertz CT molecular complexity index is 1170. The van der Waals surface area contributed by atoms with Gasteiger partial charge in [0.25, 0.3) is 10.0 Å². The van der Waals surface area contributed by atoms with Crippen LogP contribution in [-0.4, -0.2) is 14.8 Å². The Hall–Kier alpha value is -3.10. The zero-order valence-electron chi connectivity index (χ0n) is 16.4. The Labute approximate surface area is 169 Å². The molecule has 1 unspecified atom stereocenters. The quantitative estimate of drug-likeness (QED) is 0.673. The number of aliphatic imine (C=N–C) groups is 1. The van der Waals surface area contributed by atoms with Gasteiger partial charge in [-0.25, -0.2) is 13.4 Å². The van der Waals surface area contributed by atoms with Crippen LogP contribution in [0.4, 0.5) is 17.3 Å². The van der Waals surface area contributed by atoms with Gasteiger partial charge in [-0.1, -0.05) is 17.7 Å². The number of anilines is 2. The van der Waals surface area contributed by atoms with Crippen LogP contribution in [0, 0.1) is 20.8 Å². The Morgan fingerprint density at radius 2 is 1.72 bits per heavy atom. The summed E-state index contributed by atoms with van der Waals surface area (Å²) in [7, 11) is -3.70. The molecule has 0 saturated carbocycles. The lowest BCUT2D eigenvalue weighted by molar-refractivity contribution is 0.567. The molecule has 1 atom stereocenters. The topological polar surface area (TPSA) is 101 Å². The van der Waals surface area contributed by atoms with Crippen LogP contribution in [0.5, 0.6) is 0 Å². The Morgan fingerprint density at radius 3 is 2.38 bits per heavy atom. The molecule has 1 aliphatic rings. The molecule has 3 N–H and O–H groups in total. The van der Waals surface area contributed by atoms with Crippen LogP contribution in [0.3, 0.4) is 0 Å². The Kier molecular flexibility index (Phi) is 4.68. The van der Waals surface area contributed by atoms with Crippen molar-refractivity contribution < 1.29 is 12.8 Å². The first-order valence-corrected chi connectivity index (χ1v) is 10.6. The predicted molar refractivity (Wildman–Crippen MR) is 114 cm³/mol. The molecule has 2 heterocycles. The van der Waals surface area contributed by atoms with E-state index in [1.807, 2.05) is 19.1 Å². The van der Waals surface area contributed by atoms with Gasteiger partial charge in [0.2, 0.25) is 5.88 Å². The number of nitrogens with one attached hydrogen (secondary N) is 1. The molecule has 4 rings (SSSR count). The second-order valence-electron chi connectivity index (χ2n) is 7.16. The number of sulfonamides is 1. The van der Waals surface area contributed by atoms with E-state index in [2.05, 4.69) is 9.71 Å². The second-order valence-corrected chi connectivity index (χ2v) is 8.78. The van der Waals surface area contributed by atoms with Crippen LogP contribution in [0.2, 0.25) is 0 Å². The number of hydrogen-bond donors (Lipinski definition) is 2. The molecule has 7 nitrogen and oxygen atoms in total. The molecule has 0 radical (unpaired) electrons. The van der Waals surface area contributed by atoms with Crippen molar-refractivity contribution in [3.05, 3.63) is 71.0 Å². The number of rotatable bonds is 4. The van der Waals surface area contributed by atoms with Crippen LogP contribution in [0.25, 0.3) is 0 Å². The molecule has 8 heteroatoms. The van der Waals surface area contributed by atoms with Gasteiger partial charge in [0.05, 0.1) is 16.7 Å². The number of furan rings is 1. The van der Waals surface area contributed by atoms with Crippen molar-refractivity contribution >= 4 is 33.6 Å². The summed E-state index contributed by atoms with van der Waals surface area (Å²) in [6.07, 6.45) is 2.73. The summed E-state index contributed by atoms with van der Waals surface area (Å²) < 4.78 is 33.8. The highest BCUT2D eigenvalue weighted by atomic mass is 32.2. The highest BCUT2D eigenvalue weighted by molar-refractivity contribution is 7.92. The maximum atomic E-state index is 12.9. The largest absolute Gasteiger partial charge is 0.446 e. The third-order valence-corrected chi connectivity index (χ3v) is 6.57. The van der Waals surface area contributed by atoms with Gasteiger partial charge in [-0.3, -0.25) is 4.72 Å². The molecule has 29 heavy (non-hydrogen) atoms. The summed E-state index contributed by atoms with van der Waals surface area (Å²) in [5.74, 6) is 0.502. The maximum absolute atomic E-state index is 12.9. The van der Waals surface area contributed by atoms with E-state index in [9.17, 15) is 8.42 Å². The van der Waals surface area contributed by atoms with Crippen molar-refractivity contribution in [3.63, 3.8) is 0 Å². The minimum absolute atomic E-state index is 0.310. The Balaban J connectivity index is 1.58. The monoisotopic (exact) mass is 410 g/mol. The third-order valence-electron chi connectivity index (χ3n) is 4.88. The van der Waals surface area contributed by atoms with E-state index in [0.717, 1.165) is 27.9 Å². The molecular weight excluding hydrogens is 388 g/mol. The highest BCUT2D eigenvalue weighted by Gasteiger charge is 2.25.